The van der Waals surface area contributed by atoms with Crippen molar-refractivity contribution >= 4 is 5.91 Å². The van der Waals surface area contributed by atoms with Gasteiger partial charge in [0.05, 0.1) is 6.61 Å². The molecule has 21 heavy (non-hydrogen) atoms. The van der Waals surface area contributed by atoms with E-state index in [0.29, 0.717) is 12.6 Å². The quantitative estimate of drug-likeness (QED) is 0.839. The van der Waals surface area contributed by atoms with E-state index in [1.807, 2.05) is 29.2 Å². The second-order valence-electron chi connectivity index (χ2n) is 5.52. The van der Waals surface area contributed by atoms with Crippen molar-refractivity contribution in [1.29, 1.82) is 0 Å². The standard InChI is InChI=1S/C17H26N2O2/c1-3-10-19(15-8-9-18-13-15)17(20)14-6-5-7-16(12-14)21-11-4-2/h5-7,12,15,18H,3-4,8-11,13H2,1-2H3. The van der Waals surface area contributed by atoms with Gasteiger partial charge < -0.3 is 15.0 Å². The maximum absolute atomic E-state index is 12.8. The molecule has 0 saturated carbocycles. The summed E-state index contributed by atoms with van der Waals surface area (Å²) in [5.74, 6) is 0.899. The largest absolute Gasteiger partial charge is 0.494 e. The van der Waals surface area contributed by atoms with E-state index in [4.69, 9.17) is 4.74 Å². The van der Waals surface area contributed by atoms with Gasteiger partial charge >= 0.3 is 0 Å². The first-order valence-electron chi connectivity index (χ1n) is 8.00. The highest BCUT2D eigenvalue weighted by molar-refractivity contribution is 5.94. The normalized spacial score (nSPS) is 17.7. The SMILES string of the molecule is CCCOc1cccc(C(=O)N(CCC)C2CCNC2)c1. The Hall–Kier alpha value is -1.55. The van der Waals surface area contributed by atoms with Crippen LogP contribution in [-0.2, 0) is 0 Å². The molecule has 1 fully saturated rings. The van der Waals surface area contributed by atoms with E-state index in [1.54, 1.807) is 0 Å². The molecule has 1 N–H and O–H groups in total. The molecule has 1 saturated heterocycles. The minimum Gasteiger partial charge on any atom is -0.494 e. The first-order chi connectivity index (χ1) is 10.3. The molecule has 0 bridgehead atoms. The Kier molecular flexibility index (Phi) is 6.05. The summed E-state index contributed by atoms with van der Waals surface area (Å²) in [4.78, 5) is 14.8. The molecule has 4 nitrogen and oxygen atoms in total. The second kappa shape index (κ2) is 8.03. The van der Waals surface area contributed by atoms with Gasteiger partial charge in [0.2, 0.25) is 0 Å². The number of ether oxygens (including phenoxy) is 1. The van der Waals surface area contributed by atoms with Gasteiger partial charge in [-0.3, -0.25) is 4.79 Å². The molecule has 1 atom stereocenters. The third kappa shape index (κ3) is 4.21. The van der Waals surface area contributed by atoms with Crippen LogP contribution < -0.4 is 10.1 Å². The van der Waals surface area contributed by atoms with Crippen LogP contribution >= 0.6 is 0 Å². The smallest absolute Gasteiger partial charge is 0.254 e. The Balaban J connectivity index is 2.11. The Bertz CT molecular complexity index is 456. The van der Waals surface area contributed by atoms with Gasteiger partial charge in [-0.25, -0.2) is 0 Å². The molecule has 1 aliphatic rings. The number of benzene rings is 1. The van der Waals surface area contributed by atoms with Crippen molar-refractivity contribution in [1.82, 2.24) is 10.2 Å². The number of nitrogens with zero attached hydrogens (tertiary/aromatic N) is 1. The molecular formula is C17H26N2O2. The second-order valence-corrected chi connectivity index (χ2v) is 5.52. The van der Waals surface area contributed by atoms with Crippen molar-refractivity contribution in [2.45, 2.75) is 39.2 Å². The molecule has 0 spiro atoms. The topological polar surface area (TPSA) is 41.6 Å². The summed E-state index contributed by atoms with van der Waals surface area (Å²) in [6.07, 6.45) is 2.99. The molecule has 4 heteroatoms. The summed E-state index contributed by atoms with van der Waals surface area (Å²) in [6, 6.07) is 7.87. The van der Waals surface area contributed by atoms with Crippen LogP contribution in [0.2, 0.25) is 0 Å². The molecule has 1 heterocycles. The van der Waals surface area contributed by atoms with Gasteiger partial charge in [-0.2, -0.15) is 0 Å². The van der Waals surface area contributed by atoms with Crippen LogP contribution in [0.25, 0.3) is 0 Å². The van der Waals surface area contributed by atoms with Crippen LogP contribution in [0, 0.1) is 0 Å². The molecule has 1 aromatic carbocycles. The number of carbonyl (C=O) groups excluding carboxylic acids is 1. The fraction of sp³-hybridized carbons (Fsp3) is 0.588. The van der Waals surface area contributed by atoms with Crippen molar-refractivity contribution in [3.63, 3.8) is 0 Å². The lowest BCUT2D eigenvalue weighted by Gasteiger charge is -2.28. The molecule has 0 radical (unpaired) electrons. The first kappa shape index (κ1) is 15.8. The number of hydrogen-bond donors (Lipinski definition) is 1. The molecule has 1 amide bonds. The van der Waals surface area contributed by atoms with Gasteiger partial charge in [0, 0.05) is 24.7 Å². The summed E-state index contributed by atoms with van der Waals surface area (Å²) in [6.45, 7) is 7.58. The van der Waals surface area contributed by atoms with Crippen LogP contribution in [0.3, 0.4) is 0 Å². The summed E-state index contributed by atoms with van der Waals surface area (Å²) in [5, 5.41) is 3.34. The Morgan fingerprint density at radius 3 is 2.90 bits per heavy atom. The monoisotopic (exact) mass is 290 g/mol. The third-order valence-electron chi connectivity index (χ3n) is 3.75. The Labute approximate surface area is 127 Å². The van der Waals surface area contributed by atoms with Crippen LogP contribution in [0.4, 0.5) is 0 Å². The maximum Gasteiger partial charge on any atom is 0.254 e. The van der Waals surface area contributed by atoms with E-state index in [2.05, 4.69) is 19.2 Å². The number of rotatable bonds is 7. The number of hydrogen-bond acceptors (Lipinski definition) is 3. The number of nitrogens with one attached hydrogen (secondary N) is 1. The first-order valence-corrected chi connectivity index (χ1v) is 8.00. The molecule has 0 aromatic heterocycles. The van der Waals surface area contributed by atoms with Crippen molar-refractivity contribution < 1.29 is 9.53 Å². The molecule has 2 rings (SSSR count). The molecular weight excluding hydrogens is 264 g/mol. The van der Waals surface area contributed by atoms with Crippen LogP contribution in [-0.4, -0.2) is 43.1 Å². The number of amides is 1. The average Bonchev–Trinajstić information content (AvgIpc) is 3.04. The molecule has 0 aliphatic carbocycles. The molecule has 116 valence electrons. The fourth-order valence-electron chi connectivity index (χ4n) is 2.70. The average molecular weight is 290 g/mol. The summed E-state index contributed by atoms with van der Waals surface area (Å²) in [5.41, 5.74) is 0.726. The summed E-state index contributed by atoms with van der Waals surface area (Å²) in [7, 11) is 0. The molecule has 1 unspecified atom stereocenters. The highest BCUT2D eigenvalue weighted by Gasteiger charge is 2.26. The van der Waals surface area contributed by atoms with Gasteiger partial charge in [-0.1, -0.05) is 19.9 Å². The van der Waals surface area contributed by atoms with E-state index in [-0.39, 0.29) is 5.91 Å². The van der Waals surface area contributed by atoms with Gasteiger partial charge in [0.25, 0.3) is 5.91 Å². The predicted octanol–water partition coefficient (Wildman–Crippen LogP) is 2.69. The maximum atomic E-state index is 12.8. The highest BCUT2D eigenvalue weighted by Crippen LogP contribution is 2.18. The zero-order valence-corrected chi connectivity index (χ0v) is 13.1. The van der Waals surface area contributed by atoms with Crippen LogP contribution in [0.15, 0.2) is 24.3 Å². The predicted molar refractivity (Wildman–Crippen MR) is 84.8 cm³/mol. The minimum absolute atomic E-state index is 0.118. The van der Waals surface area contributed by atoms with E-state index >= 15 is 0 Å². The molecule has 1 aliphatic heterocycles. The van der Waals surface area contributed by atoms with E-state index in [1.165, 1.54) is 0 Å². The summed E-state index contributed by atoms with van der Waals surface area (Å²) >= 11 is 0. The van der Waals surface area contributed by atoms with Gasteiger partial charge in [0.15, 0.2) is 0 Å². The zero-order chi connectivity index (χ0) is 15.1. The van der Waals surface area contributed by atoms with Gasteiger partial charge in [-0.15, -0.1) is 0 Å². The lowest BCUT2D eigenvalue weighted by Crippen LogP contribution is -2.42. The van der Waals surface area contributed by atoms with Gasteiger partial charge in [0.1, 0.15) is 5.75 Å². The van der Waals surface area contributed by atoms with Crippen molar-refractivity contribution in [3.8, 4) is 5.75 Å². The third-order valence-corrected chi connectivity index (χ3v) is 3.75. The van der Waals surface area contributed by atoms with E-state index < -0.39 is 0 Å². The Morgan fingerprint density at radius 1 is 1.38 bits per heavy atom. The van der Waals surface area contributed by atoms with E-state index in [0.717, 1.165) is 50.2 Å². The lowest BCUT2D eigenvalue weighted by molar-refractivity contribution is 0.0692. The van der Waals surface area contributed by atoms with Gasteiger partial charge in [-0.05, 0) is 44.0 Å². The van der Waals surface area contributed by atoms with Crippen LogP contribution in [0.5, 0.6) is 5.75 Å². The lowest BCUT2D eigenvalue weighted by atomic mass is 10.1. The highest BCUT2D eigenvalue weighted by atomic mass is 16.5. The minimum atomic E-state index is 0.118. The van der Waals surface area contributed by atoms with Crippen molar-refractivity contribution in [2.75, 3.05) is 26.2 Å². The zero-order valence-electron chi connectivity index (χ0n) is 13.1. The Morgan fingerprint density at radius 2 is 2.24 bits per heavy atom. The summed E-state index contributed by atoms with van der Waals surface area (Å²) < 4.78 is 5.63. The van der Waals surface area contributed by atoms with E-state index in [9.17, 15) is 4.79 Å². The number of carbonyl (C=O) groups is 1. The van der Waals surface area contributed by atoms with Crippen molar-refractivity contribution in [2.24, 2.45) is 0 Å². The van der Waals surface area contributed by atoms with Crippen LogP contribution in [0.1, 0.15) is 43.5 Å². The van der Waals surface area contributed by atoms with Crippen molar-refractivity contribution in [3.05, 3.63) is 29.8 Å². The fourth-order valence-corrected chi connectivity index (χ4v) is 2.70. The molecule has 1 aromatic rings.